The molecule has 0 aromatic carbocycles. The first-order chi connectivity index (χ1) is 5.81. The van der Waals surface area contributed by atoms with E-state index >= 15 is 0 Å². The van der Waals surface area contributed by atoms with Gasteiger partial charge >= 0.3 is 0 Å². The second kappa shape index (κ2) is 3.35. The van der Waals surface area contributed by atoms with E-state index in [2.05, 4.69) is 0 Å². The van der Waals surface area contributed by atoms with Crippen molar-refractivity contribution in [3.63, 3.8) is 0 Å². The minimum Gasteiger partial charge on any atom is -0.390 e. The molecule has 1 saturated heterocycles. The molecular formula is C10H18O2. The van der Waals surface area contributed by atoms with E-state index < -0.39 is 0 Å². The van der Waals surface area contributed by atoms with Crippen molar-refractivity contribution in [3.8, 4) is 0 Å². The molecule has 1 aliphatic carbocycles. The lowest BCUT2D eigenvalue weighted by molar-refractivity contribution is -0.0639. The summed E-state index contributed by atoms with van der Waals surface area (Å²) in [4.78, 5) is 0. The zero-order valence-corrected chi connectivity index (χ0v) is 7.59. The molecule has 0 aromatic rings. The molecule has 2 nitrogen and oxygen atoms in total. The molecule has 1 unspecified atom stereocenters. The molecule has 2 fully saturated rings. The molecule has 1 aliphatic heterocycles. The third-order valence-electron chi connectivity index (χ3n) is 3.44. The van der Waals surface area contributed by atoms with Crippen LogP contribution in [0.15, 0.2) is 0 Å². The summed E-state index contributed by atoms with van der Waals surface area (Å²) < 4.78 is 5.35. The quantitative estimate of drug-likeness (QED) is 0.649. The van der Waals surface area contributed by atoms with E-state index in [4.69, 9.17) is 4.74 Å². The van der Waals surface area contributed by atoms with Crippen LogP contribution < -0.4 is 0 Å². The Morgan fingerprint density at radius 2 is 1.92 bits per heavy atom. The Bertz CT molecular complexity index is 144. The first kappa shape index (κ1) is 8.52. The SMILES string of the molecule is OC1(C2CCC2)CCCOCC1. The molecule has 1 saturated carbocycles. The monoisotopic (exact) mass is 170 g/mol. The Morgan fingerprint density at radius 1 is 1.08 bits per heavy atom. The summed E-state index contributed by atoms with van der Waals surface area (Å²) in [6.07, 6.45) is 6.63. The van der Waals surface area contributed by atoms with Gasteiger partial charge in [0.2, 0.25) is 0 Å². The molecule has 2 heteroatoms. The fourth-order valence-electron chi connectivity index (χ4n) is 2.31. The van der Waals surface area contributed by atoms with Crippen LogP contribution in [-0.4, -0.2) is 23.9 Å². The summed E-state index contributed by atoms with van der Waals surface area (Å²) in [7, 11) is 0. The third kappa shape index (κ3) is 1.50. The predicted molar refractivity (Wildman–Crippen MR) is 47.0 cm³/mol. The Balaban J connectivity index is 1.95. The maximum absolute atomic E-state index is 10.3. The molecule has 2 rings (SSSR count). The fourth-order valence-corrected chi connectivity index (χ4v) is 2.31. The Labute approximate surface area is 73.9 Å². The van der Waals surface area contributed by atoms with Crippen LogP contribution in [0, 0.1) is 5.92 Å². The molecule has 0 radical (unpaired) electrons. The number of hydrogen-bond donors (Lipinski definition) is 1. The smallest absolute Gasteiger partial charge is 0.0698 e. The van der Waals surface area contributed by atoms with Gasteiger partial charge in [-0.3, -0.25) is 0 Å². The molecule has 70 valence electrons. The molecule has 2 aliphatic rings. The van der Waals surface area contributed by atoms with Gasteiger partial charge in [0.25, 0.3) is 0 Å². The van der Waals surface area contributed by atoms with Crippen LogP contribution in [0.2, 0.25) is 0 Å². The van der Waals surface area contributed by atoms with Crippen LogP contribution in [0.1, 0.15) is 38.5 Å². The van der Waals surface area contributed by atoms with Gasteiger partial charge < -0.3 is 9.84 Å². The molecule has 1 N–H and O–H groups in total. The van der Waals surface area contributed by atoms with Crippen molar-refractivity contribution in [1.29, 1.82) is 0 Å². The molecule has 0 aromatic heterocycles. The topological polar surface area (TPSA) is 29.5 Å². The highest BCUT2D eigenvalue weighted by molar-refractivity contribution is 4.91. The standard InChI is InChI=1S/C10H18O2/c11-10(9-3-1-4-9)5-2-7-12-8-6-10/h9,11H,1-8H2. The average molecular weight is 170 g/mol. The van der Waals surface area contributed by atoms with Gasteiger partial charge in [-0.05, 0) is 38.0 Å². The van der Waals surface area contributed by atoms with Gasteiger partial charge in [0.1, 0.15) is 0 Å². The third-order valence-corrected chi connectivity index (χ3v) is 3.44. The Morgan fingerprint density at radius 3 is 2.58 bits per heavy atom. The van der Waals surface area contributed by atoms with E-state index in [9.17, 15) is 5.11 Å². The molecular weight excluding hydrogens is 152 g/mol. The maximum atomic E-state index is 10.3. The average Bonchev–Trinajstić information content (AvgIpc) is 2.10. The van der Waals surface area contributed by atoms with Gasteiger partial charge in [0, 0.05) is 13.2 Å². The van der Waals surface area contributed by atoms with Gasteiger partial charge in [-0.2, -0.15) is 0 Å². The highest BCUT2D eigenvalue weighted by Crippen LogP contribution is 2.41. The Kier molecular flexibility index (Phi) is 2.37. The number of ether oxygens (including phenoxy) is 1. The van der Waals surface area contributed by atoms with Gasteiger partial charge in [0.05, 0.1) is 5.60 Å². The van der Waals surface area contributed by atoms with E-state index in [1.54, 1.807) is 0 Å². The lowest BCUT2D eigenvalue weighted by Crippen LogP contribution is -2.41. The van der Waals surface area contributed by atoms with Crippen molar-refractivity contribution in [3.05, 3.63) is 0 Å². The van der Waals surface area contributed by atoms with Crippen LogP contribution in [0.25, 0.3) is 0 Å². The molecule has 0 spiro atoms. The van der Waals surface area contributed by atoms with Crippen LogP contribution >= 0.6 is 0 Å². The predicted octanol–water partition coefficient (Wildman–Crippen LogP) is 1.72. The highest BCUT2D eigenvalue weighted by atomic mass is 16.5. The molecule has 12 heavy (non-hydrogen) atoms. The first-order valence-corrected chi connectivity index (χ1v) is 5.11. The summed E-state index contributed by atoms with van der Waals surface area (Å²) in [5.41, 5.74) is -0.366. The summed E-state index contributed by atoms with van der Waals surface area (Å²) >= 11 is 0. The van der Waals surface area contributed by atoms with E-state index in [1.165, 1.54) is 19.3 Å². The molecule has 1 atom stereocenters. The van der Waals surface area contributed by atoms with E-state index in [-0.39, 0.29) is 5.60 Å². The van der Waals surface area contributed by atoms with Gasteiger partial charge in [0.15, 0.2) is 0 Å². The van der Waals surface area contributed by atoms with Crippen LogP contribution in [0.5, 0.6) is 0 Å². The van der Waals surface area contributed by atoms with Crippen molar-refractivity contribution in [2.45, 2.75) is 44.1 Å². The summed E-state index contributed by atoms with van der Waals surface area (Å²) in [6.45, 7) is 1.60. The fraction of sp³-hybridized carbons (Fsp3) is 1.00. The van der Waals surface area contributed by atoms with Crippen LogP contribution in [-0.2, 0) is 4.74 Å². The van der Waals surface area contributed by atoms with Crippen molar-refractivity contribution < 1.29 is 9.84 Å². The van der Waals surface area contributed by atoms with Crippen molar-refractivity contribution >= 4 is 0 Å². The second-order valence-corrected chi connectivity index (χ2v) is 4.20. The van der Waals surface area contributed by atoms with Crippen LogP contribution in [0.3, 0.4) is 0 Å². The van der Waals surface area contributed by atoms with Crippen molar-refractivity contribution in [2.24, 2.45) is 5.92 Å². The molecule has 1 heterocycles. The van der Waals surface area contributed by atoms with Gasteiger partial charge in [-0.15, -0.1) is 0 Å². The van der Waals surface area contributed by atoms with Crippen LogP contribution in [0.4, 0.5) is 0 Å². The summed E-state index contributed by atoms with van der Waals surface area (Å²) in [5.74, 6) is 0.583. The highest BCUT2D eigenvalue weighted by Gasteiger charge is 2.39. The lowest BCUT2D eigenvalue weighted by Gasteiger charge is -2.40. The normalized spacial score (nSPS) is 38.8. The maximum Gasteiger partial charge on any atom is 0.0698 e. The molecule has 0 bridgehead atoms. The van der Waals surface area contributed by atoms with E-state index in [1.807, 2.05) is 0 Å². The number of aliphatic hydroxyl groups is 1. The van der Waals surface area contributed by atoms with E-state index in [0.29, 0.717) is 5.92 Å². The zero-order valence-electron chi connectivity index (χ0n) is 7.59. The van der Waals surface area contributed by atoms with Gasteiger partial charge in [-0.25, -0.2) is 0 Å². The number of rotatable bonds is 1. The zero-order chi connectivity index (χ0) is 8.44. The molecule has 0 amide bonds. The minimum atomic E-state index is -0.366. The summed E-state index contributed by atoms with van der Waals surface area (Å²) in [5, 5.41) is 10.3. The van der Waals surface area contributed by atoms with Crippen molar-refractivity contribution in [2.75, 3.05) is 13.2 Å². The lowest BCUT2D eigenvalue weighted by atomic mass is 9.70. The van der Waals surface area contributed by atoms with Gasteiger partial charge in [-0.1, -0.05) is 6.42 Å². The Hall–Kier alpha value is -0.0800. The van der Waals surface area contributed by atoms with Crippen molar-refractivity contribution in [1.82, 2.24) is 0 Å². The summed E-state index contributed by atoms with van der Waals surface area (Å²) in [6, 6.07) is 0. The first-order valence-electron chi connectivity index (χ1n) is 5.11. The van der Waals surface area contributed by atoms with E-state index in [0.717, 1.165) is 32.5 Å². The minimum absolute atomic E-state index is 0.366. The largest absolute Gasteiger partial charge is 0.390 e. The second-order valence-electron chi connectivity index (χ2n) is 4.20. The number of hydrogen-bond acceptors (Lipinski definition) is 2.